The van der Waals surface area contributed by atoms with Crippen molar-refractivity contribution in [1.82, 2.24) is 5.32 Å². The largest absolute Gasteiger partial charge is 0.468 e. The number of fused-ring (bicyclic) bond motifs is 1. The molecule has 1 aliphatic rings. The standard InChI is InChI=1S/C16H22BrNO2/c1-11(2)10-18-16(15(19)20-3)7-6-12-8-14(17)5-4-13(12)9-16/h4-5,8,11,18H,6-7,9-10H2,1-3H3. The van der Waals surface area contributed by atoms with E-state index in [2.05, 4.69) is 47.2 Å². The maximum Gasteiger partial charge on any atom is 0.326 e. The van der Waals surface area contributed by atoms with Gasteiger partial charge in [0.1, 0.15) is 5.54 Å². The van der Waals surface area contributed by atoms with E-state index >= 15 is 0 Å². The summed E-state index contributed by atoms with van der Waals surface area (Å²) in [5, 5.41) is 3.45. The minimum Gasteiger partial charge on any atom is -0.468 e. The molecule has 4 heteroatoms. The van der Waals surface area contributed by atoms with Crippen molar-refractivity contribution in [3.05, 3.63) is 33.8 Å². The summed E-state index contributed by atoms with van der Waals surface area (Å²) in [6.45, 7) is 5.11. The number of hydrogen-bond acceptors (Lipinski definition) is 3. The smallest absolute Gasteiger partial charge is 0.326 e. The molecular weight excluding hydrogens is 318 g/mol. The van der Waals surface area contributed by atoms with Gasteiger partial charge in [-0.05, 0) is 48.6 Å². The first-order valence-electron chi connectivity index (χ1n) is 7.07. The highest BCUT2D eigenvalue weighted by molar-refractivity contribution is 9.10. The number of benzene rings is 1. The first-order valence-corrected chi connectivity index (χ1v) is 7.87. The molecule has 1 unspecified atom stereocenters. The third-order valence-electron chi connectivity index (χ3n) is 3.91. The summed E-state index contributed by atoms with van der Waals surface area (Å²) in [5.41, 5.74) is 1.99. The van der Waals surface area contributed by atoms with E-state index in [4.69, 9.17) is 4.74 Å². The summed E-state index contributed by atoms with van der Waals surface area (Å²) < 4.78 is 6.15. The zero-order valence-corrected chi connectivity index (χ0v) is 13.9. The van der Waals surface area contributed by atoms with Gasteiger partial charge in [0.2, 0.25) is 0 Å². The van der Waals surface area contributed by atoms with Crippen molar-refractivity contribution >= 4 is 21.9 Å². The van der Waals surface area contributed by atoms with E-state index in [1.54, 1.807) is 0 Å². The van der Waals surface area contributed by atoms with Crippen molar-refractivity contribution in [3.63, 3.8) is 0 Å². The van der Waals surface area contributed by atoms with Gasteiger partial charge in [-0.1, -0.05) is 35.8 Å². The lowest BCUT2D eigenvalue weighted by Gasteiger charge is -2.37. The van der Waals surface area contributed by atoms with Crippen molar-refractivity contribution in [3.8, 4) is 0 Å². The normalized spacial score (nSPS) is 21.6. The molecule has 1 aliphatic carbocycles. The van der Waals surface area contributed by atoms with Crippen LogP contribution >= 0.6 is 15.9 Å². The Kier molecular flexibility index (Phi) is 4.86. The Labute approximate surface area is 129 Å². The number of halogens is 1. The van der Waals surface area contributed by atoms with Gasteiger partial charge < -0.3 is 10.1 Å². The Bertz CT molecular complexity index is 501. The third kappa shape index (κ3) is 3.23. The van der Waals surface area contributed by atoms with Crippen molar-refractivity contribution in [2.45, 2.75) is 38.6 Å². The van der Waals surface area contributed by atoms with E-state index in [0.717, 1.165) is 23.9 Å². The van der Waals surface area contributed by atoms with Gasteiger partial charge in [0.25, 0.3) is 0 Å². The Morgan fingerprint density at radius 3 is 2.85 bits per heavy atom. The Balaban J connectivity index is 2.26. The first kappa shape index (κ1) is 15.5. The molecule has 0 aliphatic heterocycles. The predicted molar refractivity (Wildman–Crippen MR) is 83.8 cm³/mol. The molecule has 0 fully saturated rings. The molecule has 0 spiro atoms. The monoisotopic (exact) mass is 339 g/mol. The maximum atomic E-state index is 12.3. The molecule has 0 saturated carbocycles. The van der Waals surface area contributed by atoms with E-state index in [1.807, 2.05) is 6.07 Å². The molecule has 1 atom stereocenters. The van der Waals surface area contributed by atoms with Crippen molar-refractivity contribution in [1.29, 1.82) is 0 Å². The number of rotatable bonds is 4. The Morgan fingerprint density at radius 2 is 2.20 bits per heavy atom. The summed E-state index contributed by atoms with van der Waals surface area (Å²) >= 11 is 3.50. The molecule has 0 aromatic heterocycles. The van der Waals surface area contributed by atoms with Crippen LogP contribution in [0.4, 0.5) is 0 Å². The zero-order chi connectivity index (χ0) is 14.8. The first-order chi connectivity index (χ1) is 9.47. The number of aryl methyl sites for hydroxylation is 1. The second-order valence-electron chi connectivity index (χ2n) is 5.94. The molecule has 1 aromatic rings. The van der Waals surface area contributed by atoms with Crippen molar-refractivity contribution in [2.75, 3.05) is 13.7 Å². The lowest BCUT2D eigenvalue weighted by molar-refractivity contribution is -0.149. The van der Waals surface area contributed by atoms with Crippen LogP contribution in [0.25, 0.3) is 0 Å². The van der Waals surface area contributed by atoms with E-state index in [-0.39, 0.29) is 5.97 Å². The molecule has 2 rings (SSSR count). The molecule has 0 saturated heterocycles. The number of carbonyl (C=O) groups excluding carboxylic acids is 1. The van der Waals surface area contributed by atoms with Crippen molar-refractivity contribution in [2.24, 2.45) is 5.92 Å². The van der Waals surface area contributed by atoms with Crippen LogP contribution in [0.2, 0.25) is 0 Å². The highest BCUT2D eigenvalue weighted by Gasteiger charge is 2.42. The SMILES string of the molecule is COC(=O)C1(NCC(C)C)CCc2cc(Br)ccc2C1. The summed E-state index contributed by atoms with van der Waals surface area (Å²) in [7, 11) is 1.47. The molecule has 0 heterocycles. The number of nitrogens with one attached hydrogen (secondary N) is 1. The number of methoxy groups -OCH3 is 1. The second-order valence-corrected chi connectivity index (χ2v) is 6.85. The van der Waals surface area contributed by atoms with Crippen LogP contribution < -0.4 is 5.32 Å². The van der Waals surface area contributed by atoms with Crippen molar-refractivity contribution < 1.29 is 9.53 Å². The van der Waals surface area contributed by atoms with Gasteiger partial charge in [0.05, 0.1) is 7.11 Å². The topological polar surface area (TPSA) is 38.3 Å². The van der Waals surface area contributed by atoms with Crippen LogP contribution in [-0.2, 0) is 22.4 Å². The molecule has 0 radical (unpaired) electrons. The summed E-state index contributed by atoms with van der Waals surface area (Å²) in [6, 6.07) is 6.29. The number of esters is 1. The summed E-state index contributed by atoms with van der Waals surface area (Å²) in [4.78, 5) is 12.3. The van der Waals surface area contributed by atoms with E-state index in [1.165, 1.54) is 18.2 Å². The van der Waals surface area contributed by atoms with E-state index in [9.17, 15) is 4.79 Å². The van der Waals surface area contributed by atoms with Crippen LogP contribution in [0.5, 0.6) is 0 Å². The zero-order valence-electron chi connectivity index (χ0n) is 12.3. The van der Waals surface area contributed by atoms with Gasteiger partial charge in [0.15, 0.2) is 0 Å². The fourth-order valence-corrected chi connectivity index (χ4v) is 3.16. The van der Waals surface area contributed by atoms with E-state index in [0.29, 0.717) is 12.3 Å². The highest BCUT2D eigenvalue weighted by Crippen LogP contribution is 2.31. The minimum atomic E-state index is -0.570. The lowest BCUT2D eigenvalue weighted by Crippen LogP contribution is -2.57. The lowest BCUT2D eigenvalue weighted by atomic mass is 9.77. The van der Waals surface area contributed by atoms with Gasteiger partial charge in [-0.2, -0.15) is 0 Å². The van der Waals surface area contributed by atoms with E-state index < -0.39 is 5.54 Å². The number of carbonyl (C=O) groups is 1. The molecule has 1 aromatic carbocycles. The van der Waals surface area contributed by atoms with Gasteiger partial charge in [-0.25, -0.2) is 0 Å². The molecule has 0 bridgehead atoms. The third-order valence-corrected chi connectivity index (χ3v) is 4.40. The summed E-state index contributed by atoms with van der Waals surface area (Å²) in [5.74, 6) is 0.356. The number of ether oxygens (including phenoxy) is 1. The molecule has 3 nitrogen and oxygen atoms in total. The fraction of sp³-hybridized carbons (Fsp3) is 0.562. The molecule has 20 heavy (non-hydrogen) atoms. The van der Waals surface area contributed by atoms with Gasteiger partial charge in [-0.3, -0.25) is 4.79 Å². The summed E-state index contributed by atoms with van der Waals surface area (Å²) in [6.07, 6.45) is 2.39. The van der Waals surface area contributed by atoms with Crippen LogP contribution in [-0.4, -0.2) is 25.2 Å². The minimum absolute atomic E-state index is 0.147. The van der Waals surface area contributed by atoms with Crippen LogP contribution in [0, 0.1) is 5.92 Å². The van der Waals surface area contributed by atoms with Gasteiger partial charge >= 0.3 is 5.97 Å². The molecule has 110 valence electrons. The molecule has 0 amide bonds. The maximum absolute atomic E-state index is 12.3. The van der Waals surface area contributed by atoms with Crippen LogP contribution in [0.3, 0.4) is 0 Å². The fourth-order valence-electron chi connectivity index (χ4n) is 2.75. The van der Waals surface area contributed by atoms with Crippen LogP contribution in [0.15, 0.2) is 22.7 Å². The average molecular weight is 340 g/mol. The molecule has 1 N–H and O–H groups in total. The Morgan fingerprint density at radius 1 is 1.45 bits per heavy atom. The highest BCUT2D eigenvalue weighted by atomic mass is 79.9. The average Bonchev–Trinajstić information content (AvgIpc) is 2.44. The molecular formula is C16H22BrNO2. The predicted octanol–water partition coefficient (Wildman–Crippen LogP) is 3.10. The van der Waals surface area contributed by atoms with Crippen LogP contribution in [0.1, 0.15) is 31.4 Å². The second kappa shape index (κ2) is 6.27. The Hall–Kier alpha value is -0.870. The van der Waals surface area contributed by atoms with Gasteiger partial charge in [0, 0.05) is 10.9 Å². The number of hydrogen-bond donors (Lipinski definition) is 1. The van der Waals surface area contributed by atoms with Gasteiger partial charge in [-0.15, -0.1) is 0 Å². The quantitative estimate of drug-likeness (QED) is 0.856.